The number of rotatable bonds is 5. The number of carbonyl (C=O) groups is 1. The van der Waals surface area contributed by atoms with Crippen molar-refractivity contribution in [3.05, 3.63) is 28.8 Å². The highest BCUT2D eigenvalue weighted by Crippen LogP contribution is 2.36. The van der Waals surface area contributed by atoms with Gasteiger partial charge in [-0.3, -0.25) is 9.69 Å². The van der Waals surface area contributed by atoms with Crippen LogP contribution in [-0.4, -0.2) is 36.2 Å². The van der Waals surface area contributed by atoms with E-state index in [-0.39, 0.29) is 0 Å². The fourth-order valence-corrected chi connectivity index (χ4v) is 3.19. The SMILES string of the molecule is CCC1(C(=O)O)CCN(Cc2c(Cl)cccc2OC)CC1. The van der Waals surface area contributed by atoms with E-state index < -0.39 is 11.4 Å². The van der Waals surface area contributed by atoms with Gasteiger partial charge < -0.3 is 9.84 Å². The minimum Gasteiger partial charge on any atom is -0.496 e. The summed E-state index contributed by atoms with van der Waals surface area (Å²) in [5.74, 6) is 0.119. The van der Waals surface area contributed by atoms with Gasteiger partial charge in [-0.1, -0.05) is 24.6 Å². The third kappa shape index (κ3) is 3.33. The van der Waals surface area contributed by atoms with Gasteiger partial charge in [0.2, 0.25) is 0 Å². The highest BCUT2D eigenvalue weighted by molar-refractivity contribution is 6.31. The molecule has 5 heteroatoms. The van der Waals surface area contributed by atoms with Crippen molar-refractivity contribution in [3.8, 4) is 5.75 Å². The highest BCUT2D eigenvalue weighted by Gasteiger charge is 2.39. The quantitative estimate of drug-likeness (QED) is 0.905. The third-order valence-electron chi connectivity index (χ3n) is 4.62. The molecule has 0 amide bonds. The van der Waals surface area contributed by atoms with Crippen molar-refractivity contribution in [1.29, 1.82) is 0 Å². The van der Waals surface area contributed by atoms with Gasteiger partial charge in [-0.2, -0.15) is 0 Å². The fraction of sp³-hybridized carbons (Fsp3) is 0.562. The molecule has 0 aromatic heterocycles. The number of halogens is 1. The summed E-state index contributed by atoms with van der Waals surface area (Å²) in [5.41, 5.74) is 0.419. The molecule has 0 atom stereocenters. The van der Waals surface area contributed by atoms with E-state index in [1.54, 1.807) is 7.11 Å². The molecule has 1 aliphatic heterocycles. The van der Waals surface area contributed by atoms with Crippen LogP contribution < -0.4 is 4.74 Å². The minimum atomic E-state index is -0.667. The lowest BCUT2D eigenvalue weighted by Gasteiger charge is -2.38. The summed E-state index contributed by atoms with van der Waals surface area (Å²) >= 11 is 6.26. The van der Waals surface area contributed by atoms with E-state index in [0.717, 1.165) is 24.4 Å². The van der Waals surface area contributed by atoms with E-state index in [9.17, 15) is 9.90 Å². The van der Waals surface area contributed by atoms with Gasteiger partial charge in [-0.25, -0.2) is 0 Å². The van der Waals surface area contributed by atoms with Crippen LogP contribution in [0, 0.1) is 5.41 Å². The van der Waals surface area contributed by atoms with Crippen LogP contribution in [0.5, 0.6) is 5.75 Å². The molecule has 0 aliphatic carbocycles. The summed E-state index contributed by atoms with van der Waals surface area (Å²) in [6, 6.07) is 5.63. The zero-order valence-corrected chi connectivity index (χ0v) is 13.3. The predicted molar refractivity (Wildman–Crippen MR) is 82.9 cm³/mol. The number of benzene rings is 1. The average molecular weight is 312 g/mol. The number of carboxylic acid groups (broad SMARTS) is 1. The van der Waals surface area contributed by atoms with Crippen LogP contribution in [0.1, 0.15) is 31.7 Å². The summed E-state index contributed by atoms with van der Waals surface area (Å²) in [6.45, 7) is 4.20. The van der Waals surface area contributed by atoms with Crippen LogP contribution in [0.3, 0.4) is 0 Å². The van der Waals surface area contributed by atoms with Gasteiger partial charge in [-0.15, -0.1) is 0 Å². The first kappa shape index (κ1) is 16.1. The molecule has 0 radical (unpaired) electrons. The standard InChI is InChI=1S/C16H22ClNO3/c1-3-16(15(19)20)7-9-18(10-8-16)11-12-13(17)5-4-6-14(12)21-2/h4-6H,3,7-11H2,1-2H3,(H,19,20). The fourth-order valence-electron chi connectivity index (χ4n) is 2.96. The highest BCUT2D eigenvalue weighted by atomic mass is 35.5. The first-order valence-corrected chi connectivity index (χ1v) is 7.67. The lowest BCUT2D eigenvalue weighted by atomic mass is 9.76. The molecular formula is C16H22ClNO3. The predicted octanol–water partition coefficient (Wildman–Crippen LogP) is 3.43. The molecule has 2 rings (SSSR count). The number of likely N-dealkylation sites (tertiary alicyclic amines) is 1. The number of ether oxygens (including phenoxy) is 1. The average Bonchev–Trinajstić information content (AvgIpc) is 2.50. The van der Waals surface area contributed by atoms with Crippen LogP contribution in [0.4, 0.5) is 0 Å². The Kier molecular flexibility index (Phi) is 5.12. The van der Waals surface area contributed by atoms with Crippen LogP contribution >= 0.6 is 11.6 Å². The maximum absolute atomic E-state index is 11.5. The molecule has 1 aromatic carbocycles. The van der Waals surface area contributed by atoms with Crippen molar-refractivity contribution < 1.29 is 14.6 Å². The second kappa shape index (κ2) is 6.67. The number of nitrogens with zero attached hydrogens (tertiary/aromatic N) is 1. The van der Waals surface area contributed by atoms with Crippen molar-refractivity contribution in [2.24, 2.45) is 5.41 Å². The molecule has 0 bridgehead atoms. The second-order valence-electron chi connectivity index (χ2n) is 5.64. The molecule has 1 fully saturated rings. The molecule has 0 unspecified atom stereocenters. The number of aliphatic carboxylic acids is 1. The van der Waals surface area contributed by atoms with Gasteiger partial charge in [0.25, 0.3) is 0 Å². The maximum Gasteiger partial charge on any atom is 0.309 e. The van der Waals surface area contributed by atoms with E-state index in [1.807, 2.05) is 25.1 Å². The van der Waals surface area contributed by atoms with E-state index in [4.69, 9.17) is 16.3 Å². The summed E-state index contributed by atoms with van der Waals surface area (Å²) in [4.78, 5) is 13.7. The van der Waals surface area contributed by atoms with Crippen molar-refractivity contribution in [2.75, 3.05) is 20.2 Å². The topological polar surface area (TPSA) is 49.8 Å². The lowest BCUT2D eigenvalue weighted by Crippen LogP contribution is -2.43. The Hall–Kier alpha value is -1.26. The van der Waals surface area contributed by atoms with Crippen LogP contribution in [0.25, 0.3) is 0 Å². The second-order valence-corrected chi connectivity index (χ2v) is 6.04. The molecule has 0 spiro atoms. The van der Waals surface area contributed by atoms with E-state index >= 15 is 0 Å². The van der Waals surface area contributed by atoms with Crippen LogP contribution in [0.2, 0.25) is 5.02 Å². The van der Waals surface area contributed by atoms with Gasteiger partial charge in [-0.05, 0) is 44.5 Å². The molecule has 1 aliphatic rings. The Morgan fingerprint density at radius 1 is 1.43 bits per heavy atom. The van der Waals surface area contributed by atoms with Crippen LogP contribution in [-0.2, 0) is 11.3 Å². The normalized spacial score (nSPS) is 18.4. The molecule has 1 N–H and O–H groups in total. The lowest BCUT2D eigenvalue weighted by molar-refractivity contribution is -0.152. The summed E-state index contributed by atoms with van der Waals surface area (Å²) in [7, 11) is 1.64. The molecule has 21 heavy (non-hydrogen) atoms. The molecule has 4 nitrogen and oxygen atoms in total. The molecule has 116 valence electrons. The third-order valence-corrected chi connectivity index (χ3v) is 4.98. The molecule has 1 heterocycles. The van der Waals surface area contributed by atoms with Gasteiger partial charge in [0.05, 0.1) is 12.5 Å². The molecular weight excluding hydrogens is 290 g/mol. The molecule has 1 saturated heterocycles. The Morgan fingerprint density at radius 2 is 2.10 bits per heavy atom. The zero-order valence-electron chi connectivity index (χ0n) is 12.6. The number of piperidine rings is 1. The largest absolute Gasteiger partial charge is 0.496 e. The first-order valence-electron chi connectivity index (χ1n) is 7.29. The number of hydrogen-bond acceptors (Lipinski definition) is 3. The summed E-state index contributed by atoms with van der Waals surface area (Å²) < 4.78 is 5.36. The van der Waals surface area contributed by atoms with Crippen LogP contribution in [0.15, 0.2) is 18.2 Å². The molecule has 1 aromatic rings. The van der Waals surface area contributed by atoms with E-state index in [2.05, 4.69) is 4.90 Å². The monoisotopic (exact) mass is 311 g/mol. The smallest absolute Gasteiger partial charge is 0.309 e. The summed E-state index contributed by atoms with van der Waals surface area (Å²) in [5, 5.41) is 10.1. The first-order chi connectivity index (χ1) is 10.0. The van der Waals surface area contributed by atoms with Gasteiger partial charge >= 0.3 is 5.97 Å². The number of carboxylic acids is 1. The van der Waals surface area contributed by atoms with Crippen molar-refractivity contribution in [1.82, 2.24) is 4.90 Å². The van der Waals surface area contributed by atoms with Crippen molar-refractivity contribution >= 4 is 17.6 Å². The van der Waals surface area contributed by atoms with Crippen molar-refractivity contribution in [2.45, 2.75) is 32.7 Å². The minimum absolute atomic E-state index is 0.554. The van der Waals surface area contributed by atoms with Gasteiger partial charge in [0.1, 0.15) is 5.75 Å². The van der Waals surface area contributed by atoms with E-state index in [1.165, 1.54) is 0 Å². The Bertz CT molecular complexity index is 510. The maximum atomic E-state index is 11.5. The summed E-state index contributed by atoms with van der Waals surface area (Å²) in [6.07, 6.45) is 2.06. The Morgan fingerprint density at radius 3 is 2.62 bits per heavy atom. The zero-order chi connectivity index (χ0) is 15.5. The Balaban J connectivity index is 2.06. The van der Waals surface area contributed by atoms with Gasteiger partial charge in [0.15, 0.2) is 0 Å². The van der Waals surface area contributed by atoms with Crippen molar-refractivity contribution in [3.63, 3.8) is 0 Å². The number of hydrogen-bond donors (Lipinski definition) is 1. The van der Waals surface area contributed by atoms with Gasteiger partial charge in [0, 0.05) is 17.1 Å². The number of methoxy groups -OCH3 is 1. The Labute approximate surface area is 130 Å². The molecule has 0 saturated carbocycles. The van der Waals surface area contributed by atoms with E-state index in [0.29, 0.717) is 30.8 Å².